The number of benzene rings is 2. The number of rotatable bonds is 1. The van der Waals surface area contributed by atoms with Gasteiger partial charge in [0.1, 0.15) is 0 Å². The first-order valence-electron chi connectivity index (χ1n) is 5.67. The van der Waals surface area contributed by atoms with Gasteiger partial charge in [0.2, 0.25) is 0 Å². The lowest BCUT2D eigenvalue weighted by Crippen LogP contribution is -2.22. The second kappa shape index (κ2) is 4.26. The van der Waals surface area contributed by atoms with E-state index in [1.54, 1.807) is 18.2 Å². The second-order valence-electron chi connectivity index (χ2n) is 4.32. The molecule has 0 aliphatic heterocycles. The summed E-state index contributed by atoms with van der Waals surface area (Å²) in [6.07, 6.45) is 0. The molecule has 2 aromatic carbocycles. The Labute approximate surface area is 119 Å². The van der Waals surface area contributed by atoms with Gasteiger partial charge in [0.05, 0.1) is 10.5 Å². The number of hydrogen-bond donors (Lipinski definition) is 0. The Hall–Kier alpha value is -1.98. The van der Waals surface area contributed by atoms with Crippen LogP contribution in [-0.4, -0.2) is 20.0 Å². The Balaban J connectivity index is 2.40. The van der Waals surface area contributed by atoms with Crippen LogP contribution in [0.5, 0.6) is 0 Å². The fraction of sp³-hybridized carbons (Fsp3) is 0. The first kappa shape index (κ1) is 13.0. The standard InChI is InChI=1S/C14H7ClO4S/c15-20(18,19)11-7-3-6-10-12(11)14(17)9-5-2-1-4-8(9)13(10)16/h1-7H. The monoisotopic (exact) mass is 306 g/mol. The predicted octanol–water partition coefficient (Wildman–Crippen LogP) is 2.39. The minimum Gasteiger partial charge on any atom is -0.289 e. The average Bonchev–Trinajstić information content (AvgIpc) is 2.43. The summed E-state index contributed by atoms with van der Waals surface area (Å²) in [4.78, 5) is 24.5. The number of ketones is 2. The highest BCUT2D eigenvalue weighted by Gasteiger charge is 2.33. The molecule has 4 nitrogen and oxygen atoms in total. The molecule has 0 aromatic heterocycles. The molecule has 0 N–H and O–H groups in total. The summed E-state index contributed by atoms with van der Waals surface area (Å²) < 4.78 is 23.1. The molecule has 3 rings (SSSR count). The number of fused-ring (bicyclic) bond motifs is 2. The van der Waals surface area contributed by atoms with E-state index in [9.17, 15) is 18.0 Å². The van der Waals surface area contributed by atoms with Gasteiger partial charge in [-0.25, -0.2) is 8.42 Å². The summed E-state index contributed by atoms with van der Waals surface area (Å²) in [7, 11) is 1.24. The van der Waals surface area contributed by atoms with Crippen LogP contribution >= 0.6 is 10.7 Å². The number of halogens is 1. The predicted molar refractivity (Wildman–Crippen MR) is 72.8 cm³/mol. The number of carbonyl (C=O) groups excluding carboxylic acids is 2. The maximum absolute atomic E-state index is 12.4. The van der Waals surface area contributed by atoms with Crippen LogP contribution in [-0.2, 0) is 9.05 Å². The van der Waals surface area contributed by atoms with E-state index in [4.69, 9.17) is 10.7 Å². The van der Waals surface area contributed by atoms with Gasteiger partial charge in [-0.1, -0.05) is 36.4 Å². The van der Waals surface area contributed by atoms with E-state index in [2.05, 4.69) is 0 Å². The summed E-state index contributed by atoms with van der Waals surface area (Å²) in [6, 6.07) is 10.4. The van der Waals surface area contributed by atoms with E-state index in [0.29, 0.717) is 0 Å². The summed E-state index contributed by atoms with van der Waals surface area (Å²) in [5.74, 6) is -0.882. The van der Waals surface area contributed by atoms with Crippen molar-refractivity contribution in [3.8, 4) is 0 Å². The summed E-state index contributed by atoms with van der Waals surface area (Å²) in [6.45, 7) is 0. The van der Waals surface area contributed by atoms with Crippen molar-refractivity contribution in [1.29, 1.82) is 0 Å². The SMILES string of the molecule is O=C1c2ccccc2C(=O)c2c1cccc2S(=O)(=O)Cl. The summed E-state index contributed by atoms with van der Waals surface area (Å²) in [5.41, 5.74) is 0.383. The molecule has 0 saturated heterocycles. The van der Waals surface area contributed by atoms with Crippen LogP contribution in [0.3, 0.4) is 0 Å². The van der Waals surface area contributed by atoms with Crippen LogP contribution in [0.4, 0.5) is 0 Å². The third-order valence-corrected chi connectivity index (χ3v) is 4.54. The van der Waals surface area contributed by atoms with Crippen LogP contribution in [0.25, 0.3) is 0 Å². The van der Waals surface area contributed by atoms with Crippen molar-refractivity contribution in [3.05, 3.63) is 64.7 Å². The molecule has 0 radical (unpaired) electrons. The molecule has 0 bridgehead atoms. The normalized spacial score (nSPS) is 13.8. The van der Waals surface area contributed by atoms with E-state index < -0.39 is 14.8 Å². The van der Waals surface area contributed by atoms with Crippen molar-refractivity contribution in [2.24, 2.45) is 0 Å². The Kier molecular flexibility index (Phi) is 2.77. The molecular weight excluding hydrogens is 300 g/mol. The minimum atomic E-state index is -4.10. The van der Waals surface area contributed by atoms with Crippen molar-refractivity contribution in [2.75, 3.05) is 0 Å². The molecule has 0 unspecified atom stereocenters. The molecule has 0 heterocycles. The van der Waals surface area contributed by atoms with Gasteiger partial charge in [0, 0.05) is 27.4 Å². The zero-order chi connectivity index (χ0) is 14.5. The van der Waals surface area contributed by atoms with Crippen molar-refractivity contribution < 1.29 is 18.0 Å². The highest BCUT2D eigenvalue weighted by Crippen LogP contribution is 2.32. The molecule has 20 heavy (non-hydrogen) atoms. The van der Waals surface area contributed by atoms with Gasteiger partial charge in [0.25, 0.3) is 9.05 Å². The molecule has 100 valence electrons. The van der Waals surface area contributed by atoms with Crippen LogP contribution in [0.2, 0.25) is 0 Å². The summed E-state index contributed by atoms with van der Waals surface area (Å²) >= 11 is 0. The van der Waals surface area contributed by atoms with E-state index in [1.807, 2.05) is 0 Å². The van der Waals surface area contributed by atoms with Crippen molar-refractivity contribution >= 4 is 31.3 Å². The lowest BCUT2D eigenvalue weighted by Gasteiger charge is -2.18. The third kappa shape index (κ3) is 1.78. The van der Waals surface area contributed by atoms with Crippen LogP contribution in [0.1, 0.15) is 31.8 Å². The van der Waals surface area contributed by atoms with Gasteiger partial charge < -0.3 is 0 Å². The van der Waals surface area contributed by atoms with Crippen molar-refractivity contribution in [3.63, 3.8) is 0 Å². The molecule has 1 aliphatic carbocycles. The maximum Gasteiger partial charge on any atom is 0.262 e. The highest BCUT2D eigenvalue weighted by atomic mass is 35.7. The third-order valence-electron chi connectivity index (χ3n) is 3.18. The molecule has 6 heteroatoms. The maximum atomic E-state index is 12.4. The molecular formula is C14H7ClO4S. The first-order chi connectivity index (χ1) is 9.41. The van der Waals surface area contributed by atoms with Gasteiger partial charge >= 0.3 is 0 Å². The van der Waals surface area contributed by atoms with Gasteiger partial charge in [-0.2, -0.15) is 0 Å². The average molecular weight is 307 g/mol. The Morgan fingerprint density at radius 3 is 1.90 bits per heavy atom. The van der Waals surface area contributed by atoms with Crippen molar-refractivity contribution in [2.45, 2.75) is 4.90 Å². The van der Waals surface area contributed by atoms with Crippen molar-refractivity contribution in [1.82, 2.24) is 0 Å². The minimum absolute atomic E-state index is 0.0652. The van der Waals surface area contributed by atoms with Crippen LogP contribution in [0.15, 0.2) is 47.4 Å². The molecule has 1 aliphatic rings. The van der Waals surface area contributed by atoms with E-state index in [0.717, 1.165) is 0 Å². The van der Waals surface area contributed by atoms with Gasteiger partial charge in [-0.3, -0.25) is 9.59 Å². The topological polar surface area (TPSA) is 68.3 Å². The molecule has 0 atom stereocenters. The highest BCUT2D eigenvalue weighted by molar-refractivity contribution is 8.13. The molecule has 2 aromatic rings. The fourth-order valence-corrected chi connectivity index (χ4v) is 3.39. The van der Waals surface area contributed by atoms with Gasteiger partial charge in [-0.05, 0) is 6.07 Å². The second-order valence-corrected chi connectivity index (χ2v) is 6.85. The largest absolute Gasteiger partial charge is 0.289 e. The Morgan fingerprint density at radius 2 is 1.30 bits per heavy atom. The number of carbonyl (C=O) groups is 2. The van der Waals surface area contributed by atoms with E-state index in [-0.39, 0.29) is 32.9 Å². The van der Waals surface area contributed by atoms with Gasteiger partial charge in [0.15, 0.2) is 11.6 Å². The first-order valence-corrected chi connectivity index (χ1v) is 7.98. The molecule has 0 saturated carbocycles. The fourth-order valence-electron chi connectivity index (χ4n) is 2.32. The smallest absolute Gasteiger partial charge is 0.262 e. The van der Waals surface area contributed by atoms with Gasteiger partial charge in [-0.15, -0.1) is 0 Å². The van der Waals surface area contributed by atoms with E-state index in [1.165, 1.54) is 24.3 Å². The lowest BCUT2D eigenvalue weighted by atomic mass is 9.84. The zero-order valence-corrected chi connectivity index (χ0v) is 11.5. The zero-order valence-electron chi connectivity index (χ0n) is 9.96. The molecule has 0 spiro atoms. The number of hydrogen-bond acceptors (Lipinski definition) is 4. The van der Waals surface area contributed by atoms with Crippen LogP contribution < -0.4 is 0 Å². The molecule has 0 fully saturated rings. The molecule has 0 amide bonds. The lowest BCUT2D eigenvalue weighted by molar-refractivity contribution is 0.0976. The quantitative estimate of drug-likeness (QED) is 0.647. The Bertz CT molecular complexity index is 868. The van der Waals surface area contributed by atoms with Crippen LogP contribution in [0, 0.1) is 0 Å². The van der Waals surface area contributed by atoms with E-state index >= 15 is 0 Å². The Morgan fingerprint density at radius 1 is 0.750 bits per heavy atom. The summed E-state index contributed by atoms with van der Waals surface area (Å²) in [5, 5.41) is 0.